The van der Waals surface area contributed by atoms with E-state index in [1.807, 2.05) is 0 Å². The molecule has 0 bridgehead atoms. The van der Waals surface area contributed by atoms with Crippen molar-refractivity contribution >= 4 is 49.8 Å². The Morgan fingerprint density at radius 2 is 2.46 bits per heavy atom. The first-order valence-electron chi connectivity index (χ1n) is 3.63. The third kappa shape index (κ3) is 2.24. The van der Waals surface area contributed by atoms with E-state index >= 15 is 0 Å². The van der Waals surface area contributed by atoms with Gasteiger partial charge in [-0.3, -0.25) is 0 Å². The quantitative estimate of drug-likeness (QED) is 0.453. The Labute approximate surface area is 97.3 Å². The van der Waals surface area contributed by atoms with Crippen LogP contribution in [0.4, 0.5) is 0 Å². The van der Waals surface area contributed by atoms with E-state index in [2.05, 4.69) is 41.5 Å². The van der Waals surface area contributed by atoms with Gasteiger partial charge in [-0.1, -0.05) is 31.9 Å². The standard InChI is InChI=1S/C6H8Br2N2O2S/c1-2-12-5(11)6(4(7)8)3-13-10-9-6/h4H,2-3H2,1H3. The predicted octanol–water partition coefficient (Wildman–Crippen LogP) is 2.52. The number of carbonyl (C=O) groups excluding carboxylic acids is 1. The molecule has 4 nitrogen and oxygen atoms in total. The monoisotopic (exact) mass is 330 g/mol. The molecular formula is C6H8Br2N2O2S. The molecule has 0 amide bonds. The molecule has 7 heteroatoms. The lowest BCUT2D eigenvalue weighted by Gasteiger charge is -2.22. The first-order chi connectivity index (χ1) is 6.13. The third-order valence-corrected chi connectivity index (χ3v) is 3.83. The first kappa shape index (κ1) is 11.5. The van der Waals surface area contributed by atoms with Crippen molar-refractivity contribution in [3.05, 3.63) is 0 Å². The first-order valence-corrected chi connectivity index (χ1v) is 6.40. The highest BCUT2D eigenvalue weighted by molar-refractivity contribution is 9.24. The zero-order valence-corrected chi connectivity index (χ0v) is 10.9. The lowest BCUT2D eigenvalue weighted by atomic mass is 10.1. The molecule has 0 aromatic carbocycles. The summed E-state index contributed by atoms with van der Waals surface area (Å²) in [5, 5.41) is 3.90. The summed E-state index contributed by atoms with van der Waals surface area (Å²) in [5.74, 6) is 0.162. The van der Waals surface area contributed by atoms with Gasteiger partial charge in [0.25, 0.3) is 0 Å². The van der Waals surface area contributed by atoms with Crippen LogP contribution in [0.15, 0.2) is 9.63 Å². The fraction of sp³-hybridized carbons (Fsp3) is 0.833. The fourth-order valence-corrected chi connectivity index (χ4v) is 2.92. The molecule has 1 rings (SSSR count). The minimum absolute atomic E-state index is 0.245. The highest BCUT2D eigenvalue weighted by atomic mass is 79.9. The second-order valence-corrected chi connectivity index (χ2v) is 6.17. The Morgan fingerprint density at radius 3 is 2.85 bits per heavy atom. The largest absolute Gasteiger partial charge is 0.464 e. The summed E-state index contributed by atoms with van der Waals surface area (Å²) in [6.45, 7) is 2.12. The molecule has 0 aliphatic carbocycles. The van der Waals surface area contributed by atoms with Gasteiger partial charge in [0.05, 0.1) is 12.4 Å². The molecule has 13 heavy (non-hydrogen) atoms. The van der Waals surface area contributed by atoms with Gasteiger partial charge < -0.3 is 4.74 Å². The summed E-state index contributed by atoms with van der Waals surface area (Å²) < 4.78 is 8.42. The number of carbonyl (C=O) groups is 1. The molecule has 0 radical (unpaired) electrons. The Bertz CT molecular complexity index is 237. The minimum Gasteiger partial charge on any atom is -0.464 e. The summed E-state index contributed by atoms with van der Waals surface area (Å²) in [5.41, 5.74) is -0.902. The van der Waals surface area contributed by atoms with Crippen molar-refractivity contribution in [2.75, 3.05) is 12.4 Å². The van der Waals surface area contributed by atoms with Crippen molar-refractivity contribution in [1.82, 2.24) is 0 Å². The van der Waals surface area contributed by atoms with E-state index in [1.165, 1.54) is 11.9 Å². The molecule has 0 saturated carbocycles. The van der Waals surface area contributed by atoms with Gasteiger partial charge in [-0.2, -0.15) is 5.11 Å². The van der Waals surface area contributed by atoms with Crippen LogP contribution in [-0.4, -0.2) is 27.6 Å². The number of nitrogens with zero attached hydrogens (tertiary/aromatic N) is 2. The van der Waals surface area contributed by atoms with Crippen molar-refractivity contribution < 1.29 is 9.53 Å². The fourth-order valence-electron chi connectivity index (χ4n) is 0.809. The molecule has 1 unspecified atom stereocenters. The minimum atomic E-state index is -0.902. The van der Waals surface area contributed by atoms with E-state index in [-0.39, 0.29) is 9.71 Å². The zero-order valence-electron chi connectivity index (χ0n) is 6.87. The lowest BCUT2D eigenvalue weighted by Crippen LogP contribution is -2.44. The van der Waals surface area contributed by atoms with E-state index in [0.29, 0.717) is 12.4 Å². The molecule has 1 aliphatic rings. The number of alkyl halides is 2. The number of hydrogen-bond acceptors (Lipinski definition) is 5. The summed E-state index contributed by atoms with van der Waals surface area (Å²) in [6.07, 6.45) is 0. The Kier molecular flexibility index (Phi) is 4.18. The van der Waals surface area contributed by atoms with Crippen LogP contribution in [0, 0.1) is 0 Å². The molecule has 0 N–H and O–H groups in total. The van der Waals surface area contributed by atoms with Gasteiger partial charge in [-0.05, 0) is 6.92 Å². The maximum atomic E-state index is 11.6. The molecule has 0 spiro atoms. The van der Waals surface area contributed by atoms with Crippen molar-refractivity contribution in [2.45, 2.75) is 16.2 Å². The van der Waals surface area contributed by atoms with Crippen LogP contribution in [0.3, 0.4) is 0 Å². The van der Waals surface area contributed by atoms with Gasteiger partial charge in [0, 0.05) is 11.9 Å². The SMILES string of the molecule is CCOC(=O)C1(C(Br)Br)CSN=N1. The molecule has 74 valence electrons. The number of ether oxygens (including phenoxy) is 1. The molecule has 1 heterocycles. The highest BCUT2D eigenvalue weighted by Crippen LogP contribution is 2.38. The van der Waals surface area contributed by atoms with Crippen LogP contribution in [0.25, 0.3) is 0 Å². The summed E-state index contributed by atoms with van der Waals surface area (Å²) in [7, 11) is 0. The zero-order chi connectivity index (χ0) is 9.90. The topological polar surface area (TPSA) is 51.0 Å². The van der Waals surface area contributed by atoms with E-state index in [9.17, 15) is 4.79 Å². The van der Waals surface area contributed by atoms with Gasteiger partial charge in [0.2, 0.25) is 5.54 Å². The summed E-state index contributed by atoms with van der Waals surface area (Å²) >= 11 is 7.82. The molecule has 0 aromatic heterocycles. The van der Waals surface area contributed by atoms with E-state index in [0.717, 1.165) is 0 Å². The molecular weight excluding hydrogens is 324 g/mol. The van der Waals surface area contributed by atoms with Crippen molar-refractivity contribution in [3.8, 4) is 0 Å². The smallest absolute Gasteiger partial charge is 0.339 e. The normalized spacial score (nSPS) is 26.8. The maximum Gasteiger partial charge on any atom is 0.339 e. The van der Waals surface area contributed by atoms with Crippen molar-refractivity contribution in [1.29, 1.82) is 0 Å². The Balaban J connectivity index is 2.79. The van der Waals surface area contributed by atoms with Crippen LogP contribution in [-0.2, 0) is 9.53 Å². The maximum absolute atomic E-state index is 11.6. The van der Waals surface area contributed by atoms with Crippen LogP contribution in [0.5, 0.6) is 0 Å². The van der Waals surface area contributed by atoms with Gasteiger partial charge in [0.15, 0.2) is 0 Å². The van der Waals surface area contributed by atoms with Crippen LogP contribution in [0.2, 0.25) is 0 Å². The van der Waals surface area contributed by atoms with Crippen LogP contribution < -0.4 is 0 Å². The van der Waals surface area contributed by atoms with Gasteiger partial charge in [0.1, 0.15) is 3.74 Å². The molecule has 1 atom stereocenters. The second kappa shape index (κ2) is 4.75. The second-order valence-electron chi connectivity index (χ2n) is 2.40. The van der Waals surface area contributed by atoms with Crippen molar-refractivity contribution in [3.63, 3.8) is 0 Å². The van der Waals surface area contributed by atoms with Crippen molar-refractivity contribution in [2.24, 2.45) is 9.63 Å². The molecule has 0 saturated heterocycles. The molecule has 0 fully saturated rings. The number of esters is 1. The summed E-state index contributed by atoms with van der Waals surface area (Å²) in [6, 6.07) is 0. The van der Waals surface area contributed by atoms with Crippen LogP contribution >= 0.6 is 43.8 Å². The average molecular weight is 332 g/mol. The van der Waals surface area contributed by atoms with Gasteiger partial charge in [-0.25, -0.2) is 4.79 Å². The lowest BCUT2D eigenvalue weighted by molar-refractivity contribution is -0.147. The van der Waals surface area contributed by atoms with Gasteiger partial charge >= 0.3 is 5.97 Å². The van der Waals surface area contributed by atoms with E-state index < -0.39 is 5.54 Å². The highest BCUT2D eigenvalue weighted by Gasteiger charge is 2.48. The third-order valence-electron chi connectivity index (χ3n) is 1.55. The predicted molar refractivity (Wildman–Crippen MR) is 58.3 cm³/mol. The van der Waals surface area contributed by atoms with Gasteiger partial charge in [-0.15, -0.1) is 4.52 Å². The van der Waals surface area contributed by atoms with E-state index in [4.69, 9.17) is 4.74 Å². The summed E-state index contributed by atoms with van der Waals surface area (Å²) in [4.78, 5) is 11.6. The van der Waals surface area contributed by atoms with E-state index in [1.54, 1.807) is 6.92 Å². The number of halogens is 2. The Morgan fingerprint density at radius 1 is 1.77 bits per heavy atom. The molecule has 1 aliphatic heterocycles. The Hall–Kier alpha value is 0.380. The number of rotatable bonds is 3. The molecule has 0 aromatic rings. The number of hydrogen-bond donors (Lipinski definition) is 0. The van der Waals surface area contributed by atoms with Crippen LogP contribution in [0.1, 0.15) is 6.92 Å². The average Bonchev–Trinajstić information content (AvgIpc) is 2.53.